The fraction of sp³-hybridized carbons (Fsp3) is 0.286. The zero-order chi connectivity index (χ0) is 24.3. The Hall–Kier alpha value is -2.57. The molecule has 3 rings (SSSR count). The average molecular weight is 540 g/mol. The molecule has 178 valence electrons. The summed E-state index contributed by atoms with van der Waals surface area (Å²) in [6.45, 7) is 4.86. The van der Waals surface area contributed by atoms with Crippen LogP contribution in [0.25, 0.3) is 0 Å². The molecule has 0 spiro atoms. The predicted molar refractivity (Wildman–Crippen MR) is 145 cm³/mol. The van der Waals surface area contributed by atoms with Crippen LogP contribution in [-0.4, -0.2) is 35.1 Å². The fourth-order valence-corrected chi connectivity index (χ4v) is 4.79. The van der Waals surface area contributed by atoms with Crippen LogP contribution in [0, 0.1) is 6.92 Å². The molecule has 0 aliphatic heterocycles. The Morgan fingerprint density at radius 3 is 2.21 bits per heavy atom. The van der Waals surface area contributed by atoms with Gasteiger partial charge in [0, 0.05) is 29.7 Å². The number of carbonyl (C=O) groups is 2. The normalized spacial score (nSPS) is 11.6. The van der Waals surface area contributed by atoms with Gasteiger partial charge in [0.2, 0.25) is 11.8 Å². The van der Waals surface area contributed by atoms with Gasteiger partial charge in [-0.15, -0.1) is 11.8 Å². The van der Waals surface area contributed by atoms with Crippen LogP contribution in [0.4, 0.5) is 0 Å². The maximum atomic E-state index is 13.5. The third-order valence-electron chi connectivity index (χ3n) is 5.50. The predicted octanol–water partition coefficient (Wildman–Crippen LogP) is 5.77. The Balaban J connectivity index is 1.81. The number of nitrogens with zero attached hydrogens (tertiary/aromatic N) is 1. The van der Waals surface area contributed by atoms with E-state index < -0.39 is 6.04 Å². The minimum Gasteiger partial charge on any atom is -0.355 e. The summed E-state index contributed by atoms with van der Waals surface area (Å²) in [4.78, 5) is 28.4. The van der Waals surface area contributed by atoms with Crippen molar-refractivity contribution in [3.8, 4) is 0 Å². The number of carbonyl (C=O) groups excluding carboxylic acids is 2. The molecular formula is C28H31BrN2O2S. The van der Waals surface area contributed by atoms with Crippen LogP contribution in [0.3, 0.4) is 0 Å². The van der Waals surface area contributed by atoms with Crippen LogP contribution in [0.1, 0.15) is 29.2 Å². The first kappa shape index (κ1) is 26.0. The average Bonchev–Trinajstić information content (AvgIpc) is 2.84. The number of benzene rings is 3. The van der Waals surface area contributed by atoms with E-state index in [9.17, 15) is 9.59 Å². The molecule has 1 N–H and O–H groups in total. The number of aryl methyl sites for hydroxylation is 1. The summed E-state index contributed by atoms with van der Waals surface area (Å²) in [5, 5.41) is 2.94. The van der Waals surface area contributed by atoms with Crippen LogP contribution in [-0.2, 0) is 28.3 Å². The molecule has 4 nitrogen and oxygen atoms in total. The zero-order valence-corrected chi connectivity index (χ0v) is 22.1. The van der Waals surface area contributed by atoms with Crippen molar-refractivity contribution in [3.63, 3.8) is 0 Å². The summed E-state index contributed by atoms with van der Waals surface area (Å²) >= 11 is 5.03. The largest absolute Gasteiger partial charge is 0.355 e. The SMILES string of the molecule is CCNC(=O)[C@@H](Cc1ccccc1)N(Cc1ccc(C)cc1)C(=O)CSCc1ccc(Br)cc1. The number of amides is 2. The van der Waals surface area contributed by atoms with Crippen molar-refractivity contribution in [2.24, 2.45) is 0 Å². The monoisotopic (exact) mass is 538 g/mol. The lowest BCUT2D eigenvalue weighted by molar-refractivity contribution is -0.139. The third-order valence-corrected chi connectivity index (χ3v) is 7.02. The zero-order valence-electron chi connectivity index (χ0n) is 19.7. The Morgan fingerprint density at radius 1 is 0.912 bits per heavy atom. The highest BCUT2D eigenvalue weighted by Crippen LogP contribution is 2.20. The number of hydrogen-bond donors (Lipinski definition) is 1. The van der Waals surface area contributed by atoms with Gasteiger partial charge in [0.1, 0.15) is 6.04 Å². The standard InChI is InChI=1S/C28H31BrN2O2S/c1-3-30-28(33)26(17-22-7-5-4-6-8-22)31(18-23-11-9-21(2)10-12-23)27(32)20-34-19-24-13-15-25(29)16-14-24/h4-16,26H,3,17-20H2,1-2H3,(H,30,33)/t26-/m1/s1. The summed E-state index contributed by atoms with van der Waals surface area (Å²) in [6.07, 6.45) is 0.474. The first-order chi connectivity index (χ1) is 16.5. The fourth-order valence-electron chi connectivity index (χ4n) is 3.66. The van der Waals surface area contributed by atoms with Crippen molar-refractivity contribution in [2.75, 3.05) is 12.3 Å². The van der Waals surface area contributed by atoms with Crippen molar-refractivity contribution in [1.82, 2.24) is 10.2 Å². The molecule has 3 aromatic rings. The molecule has 0 unspecified atom stereocenters. The van der Waals surface area contributed by atoms with Crippen molar-refractivity contribution < 1.29 is 9.59 Å². The Morgan fingerprint density at radius 2 is 1.56 bits per heavy atom. The molecule has 0 radical (unpaired) electrons. The summed E-state index contributed by atoms with van der Waals surface area (Å²) in [6, 6.07) is 25.6. The summed E-state index contributed by atoms with van der Waals surface area (Å²) in [5.74, 6) is 0.897. The van der Waals surface area contributed by atoms with Crippen molar-refractivity contribution in [3.05, 3.63) is 106 Å². The molecule has 0 saturated heterocycles. The van der Waals surface area contributed by atoms with E-state index in [2.05, 4.69) is 33.4 Å². The first-order valence-electron chi connectivity index (χ1n) is 11.4. The van der Waals surface area contributed by atoms with Crippen LogP contribution in [0.5, 0.6) is 0 Å². The number of hydrogen-bond acceptors (Lipinski definition) is 3. The lowest BCUT2D eigenvalue weighted by Crippen LogP contribution is -2.51. The van der Waals surface area contributed by atoms with Crippen LogP contribution < -0.4 is 5.32 Å². The Labute approximate surface area is 215 Å². The van der Waals surface area contributed by atoms with Gasteiger partial charge in [0.25, 0.3) is 0 Å². The molecule has 3 aromatic carbocycles. The molecule has 0 fully saturated rings. The molecule has 0 saturated carbocycles. The van der Waals surface area contributed by atoms with Crippen LogP contribution >= 0.6 is 27.7 Å². The highest BCUT2D eigenvalue weighted by molar-refractivity contribution is 9.10. The molecule has 1 atom stereocenters. The van der Waals surface area contributed by atoms with E-state index in [1.165, 1.54) is 0 Å². The second-order valence-electron chi connectivity index (χ2n) is 8.23. The lowest BCUT2D eigenvalue weighted by Gasteiger charge is -2.31. The number of thioether (sulfide) groups is 1. The van der Waals surface area contributed by atoms with Gasteiger partial charge in [-0.05, 0) is 42.7 Å². The van der Waals surface area contributed by atoms with E-state index in [1.54, 1.807) is 16.7 Å². The second kappa shape index (κ2) is 13.4. The molecule has 0 aliphatic carbocycles. The quantitative estimate of drug-likeness (QED) is 0.337. The second-order valence-corrected chi connectivity index (χ2v) is 10.1. The van der Waals surface area contributed by atoms with E-state index in [1.807, 2.05) is 80.6 Å². The van der Waals surface area contributed by atoms with Gasteiger partial charge in [0.05, 0.1) is 5.75 Å². The van der Waals surface area contributed by atoms with Gasteiger partial charge >= 0.3 is 0 Å². The smallest absolute Gasteiger partial charge is 0.243 e. The van der Waals surface area contributed by atoms with E-state index in [4.69, 9.17) is 0 Å². The minimum absolute atomic E-state index is 0.0325. The minimum atomic E-state index is -0.579. The number of rotatable bonds is 11. The van der Waals surface area contributed by atoms with E-state index in [0.717, 1.165) is 32.5 Å². The van der Waals surface area contributed by atoms with Gasteiger partial charge in [-0.3, -0.25) is 9.59 Å². The van der Waals surface area contributed by atoms with Gasteiger partial charge in [-0.1, -0.05) is 88.2 Å². The van der Waals surface area contributed by atoms with Crippen molar-refractivity contribution in [1.29, 1.82) is 0 Å². The van der Waals surface area contributed by atoms with Gasteiger partial charge in [-0.2, -0.15) is 0 Å². The van der Waals surface area contributed by atoms with E-state index in [0.29, 0.717) is 25.3 Å². The third kappa shape index (κ3) is 8.03. The van der Waals surface area contributed by atoms with Gasteiger partial charge in [0.15, 0.2) is 0 Å². The molecule has 34 heavy (non-hydrogen) atoms. The summed E-state index contributed by atoms with van der Waals surface area (Å²) in [7, 11) is 0. The highest BCUT2D eigenvalue weighted by atomic mass is 79.9. The number of halogens is 1. The summed E-state index contributed by atoms with van der Waals surface area (Å²) in [5.41, 5.74) is 4.37. The van der Waals surface area contributed by atoms with Crippen molar-refractivity contribution in [2.45, 2.75) is 38.6 Å². The Bertz CT molecular complexity index is 1060. The molecular weight excluding hydrogens is 508 g/mol. The molecule has 0 aliphatic rings. The molecule has 2 amide bonds. The number of likely N-dealkylation sites (N-methyl/N-ethyl adjacent to an activating group) is 1. The molecule has 0 heterocycles. The lowest BCUT2D eigenvalue weighted by atomic mass is 10.0. The molecule has 0 aromatic heterocycles. The van der Waals surface area contributed by atoms with Crippen LogP contribution in [0.15, 0.2) is 83.3 Å². The van der Waals surface area contributed by atoms with Crippen LogP contribution in [0.2, 0.25) is 0 Å². The van der Waals surface area contributed by atoms with Gasteiger partial charge < -0.3 is 10.2 Å². The molecule has 0 bridgehead atoms. The Kier molecular flexibility index (Phi) is 10.2. The number of nitrogens with one attached hydrogen (secondary N) is 1. The van der Waals surface area contributed by atoms with Crippen molar-refractivity contribution >= 4 is 39.5 Å². The van der Waals surface area contributed by atoms with E-state index in [-0.39, 0.29) is 11.8 Å². The maximum absolute atomic E-state index is 13.5. The topological polar surface area (TPSA) is 49.4 Å². The summed E-state index contributed by atoms with van der Waals surface area (Å²) < 4.78 is 1.03. The first-order valence-corrected chi connectivity index (χ1v) is 13.4. The maximum Gasteiger partial charge on any atom is 0.243 e. The van der Waals surface area contributed by atoms with E-state index >= 15 is 0 Å². The van der Waals surface area contributed by atoms with Gasteiger partial charge in [-0.25, -0.2) is 0 Å². The highest BCUT2D eigenvalue weighted by Gasteiger charge is 2.30. The molecule has 6 heteroatoms.